The first-order chi connectivity index (χ1) is 7.31. The average Bonchev–Trinajstić information content (AvgIpc) is 2.82. The van der Waals surface area contributed by atoms with Gasteiger partial charge in [0.2, 0.25) is 5.91 Å². The molecule has 84 valence electrons. The standard InChI is InChI=1S/C12H19NO2/c14-9-10-5-7-13(8-6-10)12(15)11-3-1-2-4-11/h1-2,10-11,14H,3-9H2. The van der Waals surface area contributed by atoms with Crippen LogP contribution in [0.4, 0.5) is 0 Å². The van der Waals surface area contributed by atoms with E-state index in [0.29, 0.717) is 11.8 Å². The van der Waals surface area contributed by atoms with Crippen LogP contribution in [0.25, 0.3) is 0 Å². The molecular formula is C12H19NO2. The van der Waals surface area contributed by atoms with E-state index in [-0.39, 0.29) is 12.5 Å². The molecule has 2 aliphatic rings. The Kier molecular flexibility index (Phi) is 3.41. The van der Waals surface area contributed by atoms with Gasteiger partial charge in [-0.05, 0) is 31.6 Å². The first-order valence-corrected chi connectivity index (χ1v) is 5.86. The van der Waals surface area contributed by atoms with E-state index in [1.807, 2.05) is 4.90 Å². The Morgan fingerprint density at radius 2 is 1.87 bits per heavy atom. The number of carbonyl (C=O) groups is 1. The van der Waals surface area contributed by atoms with Crippen LogP contribution in [0.15, 0.2) is 12.2 Å². The molecule has 15 heavy (non-hydrogen) atoms. The van der Waals surface area contributed by atoms with E-state index in [1.54, 1.807) is 0 Å². The first kappa shape index (κ1) is 10.7. The maximum absolute atomic E-state index is 12.0. The monoisotopic (exact) mass is 209 g/mol. The summed E-state index contributed by atoms with van der Waals surface area (Å²) in [5.41, 5.74) is 0. The van der Waals surface area contributed by atoms with Gasteiger partial charge in [0, 0.05) is 25.6 Å². The third-order valence-corrected chi connectivity index (χ3v) is 3.54. The number of nitrogens with zero attached hydrogens (tertiary/aromatic N) is 1. The smallest absolute Gasteiger partial charge is 0.226 e. The lowest BCUT2D eigenvalue weighted by Crippen LogP contribution is -2.41. The molecule has 1 amide bonds. The molecule has 3 nitrogen and oxygen atoms in total. The zero-order valence-electron chi connectivity index (χ0n) is 9.06. The molecule has 0 atom stereocenters. The summed E-state index contributed by atoms with van der Waals surface area (Å²) in [4.78, 5) is 14.0. The quantitative estimate of drug-likeness (QED) is 0.694. The summed E-state index contributed by atoms with van der Waals surface area (Å²) >= 11 is 0. The molecule has 1 aliphatic heterocycles. The van der Waals surface area contributed by atoms with Crippen molar-refractivity contribution < 1.29 is 9.90 Å². The van der Waals surface area contributed by atoms with Gasteiger partial charge in [-0.3, -0.25) is 4.79 Å². The average molecular weight is 209 g/mol. The molecule has 0 radical (unpaired) electrons. The second-order valence-corrected chi connectivity index (χ2v) is 4.59. The molecule has 0 aromatic heterocycles. The van der Waals surface area contributed by atoms with Crippen molar-refractivity contribution in [1.82, 2.24) is 4.90 Å². The molecule has 2 rings (SSSR count). The minimum atomic E-state index is 0.204. The van der Waals surface area contributed by atoms with E-state index in [4.69, 9.17) is 5.11 Å². The van der Waals surface area contributed by atoms with Crippen LogP contribution in [0.1, 0.15) is 25.7 Å². The highest BCUT2D eigenvalue weighted by Gasteiger charge is 2.27. The van der Waals surface area contributed by atoms with Crippen molar-refractivity contribution in [2.45, 2.75) is 25.7 Å². The van der Waals surface area contributed by atoms with Gasteiger partial charge in [-0.25, -0.2) is 0 Å². The molecule has 3 heteroatoms. The molecule has 1 N–H and O–H groups in total. The molecule has 0 aromatic carbocycles. The van der Waals surface area contributed by atoms with E-state index in [2.05, 4.69) is 12.2 Å². The Morgan fingerprint density at radius 1 is 1.27 bits per heavy atom. The fourth-order valence-electron chi connectivity index (χ4n) is 2.41. The summed E-state index contributed by atoms with van der Waals surface area (Å²) in [6.07, 6.45) is 7.95. The van der Waals surface area contributed by atoms with Gasteiger partial charge in [-0.15, -0.1) is 0 Å². The van der Waals surface area contributed by atoms with E-state index in [9.17, 15) is 4.79 Å². The lowest BCUT2D eigenvalue weighted by molar-refractivity contribution is -0.136. The number of piperidine rings is 1. The molecular weight excluding hydrogens is 190 g/mol. The predicted molar refractivity (Wildman–Crippen MR) is 58.3 cm³/mol. The van der Waals surface area contributed by atoms with E-state index < -0.39 is 0 Å². The maximum Gasteiger partial charge on any atom is 0.226 e. The highest BCUT2D eigenvalue weighted by molar-refractivity contribution is 5.79. The van der Waals surface area contributed by atoms with Crippen LogP contribution >= 0.6 is 0 Å². The molecule has 1 aliphatic carbocycles. The molecule has 0 bridgehead atoms. The summed E-state index contributed by atoms with van der Waals surface area (Å²) in [6, 6.07) is 0. The zero-order chi connectivity index (χ0) is 10.7. The maximum atomic E-state index is 12.0. The van der Waals surface area contributed by atoms with Crippen molar-refractivity contribution in [3.05, 3.63) is 12.2 Å². The van der Waals surface area contributed by atoms with Crippen LogP contribution in [0.5, 0.6) is 0 Å². The number of carbonyl (C=O) groups excluding carboxylic acids is 1. The molecule has 0 saturated carbocycles. The minimum absolute atomic E-state index is 0.204. The lowest BCUT2D eigenvalue weighted by atomic mass is 9.96. The number of allylic oxidation sites excluding steroid dienone is 2. The number of hydrogen-bond acceptors (Lipinski definition) is 2. The van der Waals surface area contributed by atoms with Crippen molar-refractivity contribution in [2.75, 3.05) is 19.7 Å². The summed E-state index contributed by atoms with van der Waals surface area (Å²) in [6.45, 7) is 1.94. The molecule has 1 saturated heterocycles. The summed E-state index contributed by atoms with van der Waals surface area (Å²) in [5.74, 6) is 0.933. The predicted octanol–water partition coefficient (Wildman–Crippen LogP) is 1.18. The van der Waals surface area contributed by atoms with Crippen LogP contribution in [0.2, 0.25) is 0 Å². The normalized spacial score (nSPS) is 23.7. The number of aliphatic hydroxyl groups excluding tert-OH is 1. The Bertz CT molecular complexity index is 246. The fourth-order valence-corrected chi connectivity index (χ4v) is 2.41. The van der Waals surface area contributed by atoms with E-state index >= 15 is 0 Å². The fraction of sp³-hybridized carbons (Fsp3) is 0.750. The van der Waals surface area contributed by atoms with Crippen LogP contribution in [-0.4, -0.2) is 35.6 Å². The third kappa shape index (κ3) is 2.40. The number of likely N-dealkylation sites (tertiary alicyclic amines) is 1. The van der Waals surface area contributed by atoms with Crippen molar-refractivity contribution in [1.29, 1.82) is 0 Å². The SMILES string of the molecule is O=C(C1CC=CC1)N1CCC(CO)CC1. The number of rotatable bonds is 2. The Balaban J connectivity index is 1.82. The zero-order valence-corrected chi connectivity index (χ0v) is 9.06. The van der Waals surface area contributed by atoms with Gasteiger partial charge in [0.15, 0.2) is 0 Å². The minimum Gasteiger partial charge on any atom is -0.396 e. The van der Waals surface area contributed by atoms with Crippen LogP contribution in [-0.2, 0) is 4.79 Å². The topological polar surface area (TPSA) is 40.5 Å². The summed E-state index contributed by atoms with van der Waals surface area (Å²) in [7, 11) is 0. The van der Waals surface area contributed by atoms with Crippen LogP contribution in [0, 0.1) is 11.8 Å². The van der Waals surface area contributed by atoms with E-state index in [0.717, 1.165) is 38.8 Å². The van der Waals surface area contributed by atoms with Gasteiger partial charge in [-0.2, -0.15) is 0 Å². The van der Waals surface area contributed by atoms with Gasteiger partial charge >= 0.3 is 0 Å². The Hall–Kier alpha value is -0.830. The first-order valence-electron chi connectivity index (χ1n) is 5.86. The molecule has 1 fully saturated rings. The molecule has 1 heterocycles. The Labute approximate surface area is 90.8 Å². The summed E-state index contributed by atoms with van der Waals surface area (Å²) < 4.78 is 0. The van der Waals surface area contributed by atoms with Crippen LogP contribution < -0.4 is 0 Å². The highest BCUT2D eigenvalue weighted by Crippen LogP contribution is 2.23. The third-order valence-electron chi connectivity index (χ3n) is 3.54. The second kappa shape index (κ2) is 4.79. The molecule has 0 unspecified atom stereocenters. The van der Waals surface area contributed by atoms with Gasteiger partial charge < -0.3 is 10.0 Å². The van der Waals surface area contributed by atoms with Crippen molar-refractivity contribution >= 4 is 5.91 Å². The number of amides is 1. The van der Waals surface area contributed by atoms with Crippen LogP contribution in [0.3, 0.4) is 0 Å². The van der Waals surface area contributed by atoms with Crippen molar-refractivity contribution in [3.63, 3.8) is 0 Å². The van der Waals surface area contributed by atoms with Gasteiger partial charge in [0.25, 0.3) is 0 Å². The van der Waals surface area contributed by atoms with Gasteiger partial charge in [-0.1, -0.05) is 12.2 Å². The van der Waals surface area contributed by atoms with Gasteiger partial charge in [0.05, 0.1) is 0 Å². The number of hydrogen-bond donors (Lipinski definition) is 1. The van der Waals surface area contributed by atoms with Crippen molar-refractivity contribution in [2.24, 2.45) is 11.8 Å². The summed E-state index contributed by atoms with van der Waals surface area (Å²) in [5, 5.41) is 9.01. The molecule has 0 aromatic rings. The van der Waals surface area contributed by atoms with Gasteiger partial charge in [0.1, 0.15) is 0 Å². The largest absolute Gasteiger partial charge is 0.396 e. The van der Waals surface area contributed by atoms with Crippen molar-refractivity contribution in [3.8, 4) is 0 Å². The lowest BCUT2D eigenvalue weighted by Gasteiger charge is -2.32. The Morgan fingerprint density at radius 3 is 2.40 bits per heavy atom. The number of aliphatic hydroxyl groups is 1. The molecule has 0 spiro atoms. The highest BCUT2D eigenvalue weighted by atomic mass is 16.3. The van der Waals surface area contributed by atoms with E-state index in [1.165, 1.54) is 0 Å². The second-order valence-electron chi connectivity index (χ2n) is 4.59.